The van der Waals surface area contributed by atoms with Gasteiger partial charge in [-0.1, -0.05) is 0 Å². The molecule has 0 spiro atoms. The van der Waals surface area contributed by atoms with Crippen LogP contribution in [0, 0.1) is 17.2 Å². The molecule has 0 unspecified atom stereocenters. The number of rotatable bonds is 4. The number of benzene rings is 1. The van der Waals surface area contributed by atoms with Crippen molar-refractivity contribution in [2.24, 2.45) is 11.3 Å². The van der Waals surface area contributed by atoms with Gasteiger partial charge in [-0.25, -0.2) is 4.39 Å². The molecular weight excluding hydrogens is 217 g/mol. The van der Waals surface area contributed by atoms with Crippen LogP contribution in [0.25, 0.3) is 0 Å². The summed E-state index contributed by atoms with van der Waals surface area (Å²) in [5, 5.41) is 2.98. The molecule has 2 saturated carbocycles. The van der Waals surface area contributed by atoms with Crippen LogP contribution in [0.1, 0.15) is 36.0 Å². The van der Waals surface area contributed by atoms with Crippen molar-refractivity contribution in [3.8, 4) is 0 Å². The van der Waals surface area contributed by atoms with E-state index in [9.17, 15) is 9.18 Å². The lowest BCUT2D eigenvalue weighted by Crippen LogP contribution is -2.31. The van der Waals surface area contributed by atoms with E-state index in [1.54, 1.807) is 0 Å². The molecule has 1 aromatic carbocycles. The smallest absolute Gasteiger partial charge is 0.251 e. The van der Waals surface area contributed by atoms with Gasteiger partial charge in [0.1, 0.15) is 5.82 Å². The lowest BCUT2D eigenvalue weighted by Gasteiger charge is -2.14. The van der Waals surface area contributed by atoms with E-state index in [1.165, 1.54) is 49.9 Å². The highest BCUT2D eigenvalue weighted by Crippen LogP contribution is 2.60. The second kappa shape index (κ2) is 3.83. The highest BCUT2D eigenvalue weighted by atomic mass is 19.1. The maximum absolute atomic E-state index is 12.7. The van der Waals surface area contributed by atoms with E-state index >= 15 is 0 Å². The summed E-state index contributed by atoms with van der Waals surface area (Å²) >= 11 is 0. The third kappa shape index (κ3) is 2.19. The molecule has 90 valence electrons. The van der Waals surface area contributed by atoms with Crippen molar-refractivity contribution in [2.75, 3.05) is 6.54 Å². The predicted octanol–water partition coefficient (Wildman–Crippen LogP) is 2.75. The fraction of sp³-hybridized carbons (Fsp3) is 0.500. The molecule has 1 amide bonds. The van der Waals surface area contributed by atoms with Gasteiger partial charge in [0.25, 0.3) is 5.91 Å². The fourth-order valence-electron chi connectivity index (χ4n) is 2.55. The highest BCUT2D eigenvalue weighted by molar-refractivity contribution is 5.94. The molecule has 2 aliphatic rings. The summed E-state index contributed by atoms with van der Waals surface area (Å²) in [7, 11) is 0. The summed E-state index contributed by atoms with van der Waals surface area (Å²) in [6.07, 6.45) is 5.15. The Labute approximate surface area is 100 Å². The van der Waals surface area contributed by atoms with Crippen LogP contribution < -0.4 is 5.32 Å². The highest BCUT2D eigenvalue weighted by Gasteiger charge is 2.53. The molecule has 1 aromatic rings. The van der Waals surface area contributed by atoms with E-state index < -0.39 is 0 Å². The Kier molecular flexibility index (Phi) is 2.42. The van der Waals surface area contributed by atoms with E-state index in [-0.39, 0.29) is 11.7 Å². The molecule has 0 bridgehead atoms. The normalized spacial score (nSPS) is 21.0. The Morgan fingerprint density at radius 1 is 1.29 bits per heavy atom. The number of carbonyl (C=O) groups excluding carboxylic acids is 1. The molecule has 3 rings (SSSR count). The average molecular weight is 233 g/mol. The van der Waals surface area contributed by atoms with Crippen molar-refractivity contribution >= 4 is 5.91 Å². The molecule has 3 heteroatoms. The summed E-state index contributed by atoms with van der Waals surface area (Å²) < 4.78 is 12.7. The minimum atomic E-state index is -0.307. The van der Waals surface area contributed by atoms with Gasteiger partial charge in [0.05, 0.1) is 0 Å². The first-order valence-corrected chi connectivity index (χ1v) is 6.23. The largest absolute Gasteiger partial charge is 0.351 e. The summed E-state index contributed by atoms with van der Waals surface area (Å²) in [4.78, 5) is 11.8. The van der Waals surface area contributed by atoms with Crippen molar-refractivity contribution in [1.82, 2.24) is 5.32 Å². The lowest BCUT2D eigenvalue weighted by atomic mass is 10.0. The minimum Gasteiger partial charge on any atom is -0.351 e. The van der Waals surface area contributed by atoms with Crippen molar-refractivity contribution < 1.29 is 9.18 Å². The van der Waals surface area contributed by atoms with Crippen molar-refractivity contribution in [3.05, 3.63) is 35.6 Å². The zero-order valence-corrected chi connectivity index (χ0v) is 9.71. The first kappa shape index (κ1) is 10.8. The summed E-state index contributed by atoms with van der Waals surface area (Å²) in [5.41, 5.74) is 0.952. The Balaban J connectivity index is 1.58. The van der Waals surface area contributed by atoms with Crippen LogP contribution in [0.4, 0.5) is 4.39 Å². The summed E-state index contributed by atoms with van der Waals surface area (Å²) in [5.74, 6) is 0.450. The van der Waals surface area contributed by atoms with Gasteiger partial charge < -0.3 is 5.32 Å². The Morgan fingerprint density at radius 2 is 1.94 bits per heavy atom. The minimum absolute atomic E-state index is 0.0862. The topological polar surface area (TPSA) is 29.1 Å². The first-order chi connectivity index (χ1) is 8.20. The van der Waals surface area contributed by atoms with Crippen LogP contribution >= 0.6 is 0 Å². The first-order valence-electron chi connectivity index (χ1n) is 6.23. The van der Waals surface area contributed by atoms with Crippen LogP contribution in [0.3, 0.4) is 0 Å². The van der Waals surface area contributed by atoms with E-state index in [1.807, 2.05) is 0 Å². The molecule has 2 aliphatic carbocycles. The van der Waals surface area contributed by atoms with Gasteiger partial charge in [-0.2, -0.15) is 0 Å². The Morgan fingerprint density at radius 3 is 2.47 bits per heavy atom. The van der Waals surface area contributed by atoms with Crippen molar-refractivity contribution in [2.45, 2.75) is 25.7 Å². The van der Waals surface area contributed by atoms with Gasteiger partial charge in [0.15, 0.2) is 0 Å². The predicted molar refractivity (Wildman–Crippen MR) is 63.1 cm³/mol. The number of hydrogen-bond donors (Lipinski definition) is 1. The number of halogens is 1. The van der Waals surface area contributed by atoms with Crippen LogP contribution in [0.5, 0.6) is 0 Å². The van der Waals surface area contributed by atoms with E-state index in [0.717, 1.165) is 12.5 Å². The second-order valence-corrected chi connectivity index (χ2v) is 5.33. The maximum atomic E-state index is 12.7. The number of nitrogens with one attached hydrogen (secondary N) is 1. The monoisotopic (exact) mass is 233 g/mol. The molecule has 2 nitrogen and oxygen atoms in total. The van der Waals surface area contributed by atoms with Gasteiger partial charge >= 0.3 is 0 Å². The quantitative estimate of drug-likeness (QED) is 0.851. The van der Waals surface area contributed by atoms with Crippen LogP contribution in [0.15, 0.2) is 24.3 Å². The van der Waals surface area contributed by atoms with Gasteiger partial charge in [-0.05, 0) is 61.3 Å². The van der Waals surface area contributed by atoms with Crippen LogP contribution in [0.2, 0.25) is 0 Å². The van der Waals surface area contributed by atoms with Crippen LogP contribution in [-0.2, 0) is 0 Å². The molecule has 0 aromatic heterocycles. The van der Waals surface area contributed by atoms with Crippen LogP contribution in [-0.4, -0.2) is 12.5 Å². The molecule has 1 N–H and O–H groups in total. The standard InChI is InChI=1S/C14H16FNO/c15-12-5-1-10(2-6-12)13(17)16-9-14(7-8-14)11-3-4-11/h1-2,5-6,11H,3-4,7-9H2,(H,16,17). The zero-order valence-electron chi connectivity index (χ0n) is 9.71. The zero-order chi connectivity index (χ0) is 11.9. The third-order valence-electron chi connectivity index (χ3n) is 4.04. The average Bonchev–Trinajstić information content (AvgIpc) is 3.17. The fourth-order valence-corrected chi connectivity index (χ4v) is 2.55. The number of carbonyl (C=O) groups is 1. The Bertz CT molecular complexity index is 432. The molecule has 0 saturated heterocycles. The number of amides is 1. The van der Waals surface area contributed by atoms with Crippen molar-refractivity contribution in [1.29, 1.82) is 0 Å². The van der Waals surface area contributed by atoms with Gasteiger partial charge in [0.2, 0.25) is 0 Å². The lowest BCUT2D eigenvalue weighted by molar-refractivity contribution is 0.0942. The second-order valence-electron chi connectivity index (χ2n) is 5.33. The summed E-state index contributed by atoms with van der Waals surface area (Å²) in [6, 6.07) is 5.70. The van der Waals surface area contributed by atoms with Gasteiger partial charge in [0, 0.05) is 12.1 Å². The molecular formula is C14H16FNO. The molecule has 2 fully saturated rings. The van der Waals surface area contributed by atoms with E-state index in [0.29, 0.717) is 11.0 Å². The van der Waals surface area contributed by atoms with E-state index in [2.05, 4.69) is 5.32 Å². The summed E-state index contributed by atoms with van der Waals surface area (Å²) in [6.45, 7) is 0.786. The Hall–Kier alpha value is -1.38. The van der Waals surface area contributed by atoms with Gasteiger partial charge in [-0.3, -0.25) is 4.79 Å². The molecule has 0 radical (unpaired) electrons. The van der Waals surface area contributed by atoms with Crippen molar-refractivity contribution in [3.63, 3.8) is 0 Å². The molecule has 0 atom stereocenters. The van der Waals surface area contributed by atoms with Gasteiger partial charge in [-0.15, -0.1) is 0 Å². The SMILES string of the molecule is O=C(NCC1(C2CC2)CC1)c1ccc(F)cc1. The molecule has 0 heterocycles. The molecule has 0 aliphatic heterocycles. The number of hydrogen-bond acceptors (Lipinski definition) is 1. The van der Waals surface area contributed by atoms with E-state index in [4.69, 9.17) is 0 Å². The maximum Gasteiger partial charge on any atom is 0.251 e. The molecule has 17 heavy (non-hydrogen) atoms. The third-order valence-corrected chi connectivity index (χ3v) is 4.04.